The fourth-order valence-corrected chi connectivity index (χ4v) is 1.44. The lowest BCUT2D eigenvalue weighted by Crippen LogP contribution is -2.12. The molecule has 0 aliphatic carbocycles. The van der Waals surface area contributed by atoms with E-state index in [0.29, 0.717) is 5.02 Å². The second-order valence-electron chi connectivity index (χ2n) is 2.09. The molecule has 0 aliphatic rings. The summed E-state index contributed by atoms with van der Waals surface area (Å²) in [6.07, 6.45) is 0. The van der Waals surface area contributed by atoms with E-state index in [1.165, 1.54) is 18.2 Å². The van der Waals surface area contributed by atoms with Crippen molar-refractivity contribution in [1.29, 1.82) is 0 Å². The van der Waals surface area contributed by atoms with Crippen LogP contribution in [0, 0.1) is 0 Å². The molecule has 0 atom stereocenters. The van der Waals surface area contributed by atoms with Crippen LogP contribution in [0.3, 0.4) is 0 Å². The molecule has 0 unspecified atom stereocenters. The van der Waals surface area contributed by atoms with E-state index in [4.69, 9.17) is 17.3 Å². The van der Waals surface area contributed by atoms with E-state index in [2.05, 4.69) is 0 Å². The quantitative estimate of drug-likeness (QED) is 0.734. The van der Waals surface area contributed by atoms with E-state index in [1.54, 1.807) is 0 Å². The molecule has 5 heteroatoms. The Bertz CT molecular complexity index is 340. The second kappa shape index (κ2) is 3.60. The van der Waals surface area contributed by atoms with E-state index in [9.17, 15) is 9.00 Å². The zero-order chi connectivity index (χ0) is 9.14. The highest BCUT2D eigenvalue weighted by atomic mass is 35.5. The first-order chi connectivity index (χ1) is 5.65. The maximum atomic E-state index is 10.7. The number of nitrogens with two attached hydrogens (primary N) is 1. The fraction of sp³-hybridized carbons (Fsp3) is 0. The molecule has 1 rings (SSSR count). The standard InChI is InChI=1S/C7H4ClNO2S/c8-4-1-2-5(7(9)10)6(3-4)12-11/h1-3H,(H-,9,10)/p+1. The van der Waals surface area contributed by atoms with Gasteiger partial charge in [0.15, 0.2) is 0 Å². The lowest BCUT2D eigenvalue weighted by atomic mass is 10.2. The summed E-state index contributed by atoms with van der Waals surface area (Å²) in [7, 11) is 0. The Morgan fingerprint density at radius 1 is 1.50 bits per heavy atom. The van der Waals surface area contributed by atoms with Crippen molar-refractivity contribution in [3.8, 4) is 0 Å². The third kappa shape index (κ3) is 1.78. The zero-order valence-electron chi connectivity index (χ0n) is 5.91. The molecule has 12 heavy (non-hydrogen) atoms. The Kier molecular flexibility index (Phi) is 2.73. The predicted molar refractivity (Wildman–Crippen MR) is 46.3 cm³/mol. The molecule has 0 aliphatic heterocycles. The second-order valence-corrected chi connectivity index (χ2v) is 3.13. The van der Waals surface area contributed by atoms with Crippen LogP contribution < -0.4 is 5.73 Å². The minimum Gasteiger partial charge on any atom is -0.365 e. The number of carbonyl (C=O) groups is 1. The minimum atomic E-state index is -0.620. The number of hydrogen-bond acceptors (Lipinski definition) is 2. The Morgan fingerprint density at radius 2 is 2.17 bits per heavy atom. The predicted octanol–water partition coefficient (Wildman–Crippen LogP) is 1.23. The lowest BCUT2D eigenvalue weighted by Gasteiger charge is -1.91. The molecule has 0 radical (unpaired) electrons. The van der Waals surface area contributed by atoms with E-state index in [1.807, 2.05) is 0 Å². The number of carbonyl (C=O) groups excluding carboxylic acids is 1. The smallest absolute Gasteiger partial charge is 0.365 e. The van der Waals surface area contributed by atoms with E-state index in [-0.39, 0.29) is 22.1 Å². The van der Waals surface area contributed by atoms with Crippen LogP contribution in [0.25, 0.3) is 0 Å². The van der Waals surface area contributed by atoms with E-state index >= 15 is 0 Å². The molecule has 0 spiro atoms. The number of primary amides is 1. The number of benzene rings is 1. The van der Waals surface area contributed by atoms with Crippen molar-refractivity contribution in [3.63, 3.8) is 0 Å². The van der Waals surface area contributed by atoms with Gasteiger partial charge in [0.1, 0.15) is 5.56 Å². The molecule has 0 bridgehead atoms. The molecule has 1 aromatic carbocycles. The van der Waals surface area contributed by atoms with Crippen molar-refractivity contribution in [2.24, 2.45) is 5.73 Å². The molecule has 62 valence electrons. The Balaban J connectivity index is 3.29. The average molecular weight is 203 g/mol. The third-order valence-corrected chi connectivity index (χ3v) is 2.05. The highest BCUT2D eigenvalue weighted by molar-refractivity contribution is 7.65. The van der Waals surface area contributed by atoms with Gasteiger partial charge in [-0.05, 0) is 12.1 Å². The van der Waals surface area contributed by atoms with Crippen LogP contribution in [0.4, 0.5) is 0 Å². The van der Waals surface area contributed by atoms with Gasteiger partial charge in [0.25, 0.3) is 5.91 Å². The van der Waals surface area contributed by atoms with Gasteiger partial charge in [-0.1, -0.05) is 11.6 Å². The van der Waals surface area contributed by atoms with Gasteiger partial charge in [0.05, 0.1) is 0 Å². The molecular formula is C7H5ClNO2S+. The van der Waals surface area contributed by atoms with Gasteiger partial charge in [-0.2, -0.15) is 0 Å². The summed E-state index contributed by atoms with van der Waals surface area (Å²) >= 11 is 5.80. The highest BCUT2D eigenvalue weighted by Gasteiger charge is 2.18. The zero-order valence-corrected chi connectivity index (χ0v) is 7.48. The van der Waals surface area contributed by atoms with Crippen molar-refractivity contribution >= 4 is 29.2 Å². The minimum absolute atomic E-state index is 0.203. The highest BCUT2D eigenvalue weighted by Crippen LogP contribution is 2.15. The Hall–Kier alpha value is -1.00. The normalized spacial score (nSPS) is 9.42. The lowest BCUT2D eigenvalue weighted by molar-refractivity contribution is 0.0997. The maximum absolute atomic E-state index is 10.7. The third-order valence-electron chi connectivity index (χ3n) is 1.30. The summed E-state index contributed by atoms with van der Waals surface area (Å²) in [6.45, 7) is 0. The monoisotopic (exact) mass is 202 g/mol. The molecule has 0 heterocycles. The Labute approximate surface area is 78.0 Å². The molecule has 0 fully saturated rings. The largest absolute Gasteiger partial charge is 0.506 e. The SMILES string of the molecule is NC(=O)c1ccc(Cl)cc1[S+]=O. The topological polar surface area (TPSA) is 60.2 Å². The summed E-state index contributed by atoms with van der Waals surface area (Å²) in [5.41, 5.74) is 5.21. The van der Waals surface area contributed by atoms with Crippen LogP contribution in [0.5, 0.6) is 0 Å². The molecule has 1 amide bonds. The van der Waals surface area contributed by atoms with Crippen molar-refractivity contribution in [2.45, 2.75) is 4.90 Å². The number of hydrogen-bond donors (Lipinski definition) is 1. The van der Waals surface area contributed by atoms with Gasteiger partial charge >= 0.3 is 16.6 Å². The molecule has 0 saturated carbocycles. The number of rotatable bonds is 2. The first-order valence-electron chi connectivity index (χ1n) is 3.04. The van der Waals surface area contributed by atoms with Crippen molar-refractivity contribution in [3.05, 3.63) is 28.8 Å². The van der Waals surface area contributed by atoms with Gasteiger partial charge in [-0.3, -0.25) is 4.79 Å². The molecule has 2 N–H and O–H groups in total. The van der Waals surface area contributed by atoms with Gasteiger partial charge < -0.3 is 5.73 Å². The summed E-state index contributed by atoms with van der Waals surface area (Å²) in [5, 5.41) is 0.415. The van der Waals surface area contributed by atoms with Crippen molar-refractivity contribution in [2.75, 3.05) is 0 Å². The number of amides is 1. The summed E-state index contributed by atoms with van der Waals surface area (Å²) in [6, 6.07) is 4.37. The van der Waals surface area contributed by atoms with Gasteiger partial charge in [-0.25, -0.2) is 0 Å². The number of halogens is 1. The molecular weight excluding hydrogens is 198 g/mol. The fourth-order valence-electron chi connectivity index (χ4n) is 0.769. The average Bonchev–Trinajstić information content (AvgIpc) is 2.03. The summed E-state index contributed by atoms with van der Waals surface area (Å²) in [5.74, 6) is -0.620. The first kappa shape index (κ1) is 9.09. The molecule has 0 aromatic heterocycles. The summed E-state index contributed by atoms with van der Waals surface area (Å²) in [4.78, 5) is 11.0. The first-order valence-corrected chi connectivity index (χ1v) is 4.16. The van der Waals surface area contributed by atoms with Crippen LogP contribution >= 0.6 is 11.6 Å². The van der Waals surface area contributed by atoms with Crippen molar-refractivity contribution in [1.82, 2.24) is 0 Å². The molecule has 3 nitrogen and oxygen atoms in total. The van der Waals surface area contributed by atoms with Crippen molar-refractivity contribution < 1.29 is 9.00 Å². The summed E-state index contributed by atoms with van der Waals surface area (Å²) < 4.78 is 10.5. The van der Waals surface area contributed by atoms with Crippen LogP contribution in [-0.4, -0.2) is 5.91 Å². The van der Waals surface area contributed by atoms with Crippen LogP contribution in [0.1, 0.15) is 10.4 Å². The van der Waals surface area contributed by atoms with E-state index < -0.39 is 5.91 Å². The van der Waals surface area contributed by atoms with Crippen LogP contribution in [0.2, 0.25) is 5.02 Å². The molecule has 0 saturated heterocycles. The maximum Gasteiger partial charge on any atom is 0.506 e. The van der Waals surface area contributed by atoms with Gasteiger partial charge in [0, 0.05) is 15.3 Å². The van der Waals surface area contributed by atoms with Gasteiger partial charge in [0.2, 0.25) is 0 Å². The van der Waals surface area contributed by atoms with Crippen LogP contribution in [-0.2, 0) is 15.9 Å². The van der Waals surface area contributed by atoms with Gasteiger partial charge in [-0.15, -0.1) is 0 Å². The molecule has 1 aromatic rings. The van der Waals surface area contributed by atoms with E-state index in [0.717, 1.165) is 0 Å². The Morgan fingerprint density at radius 3 is 2.67 bits per heavy atom. The van der Waals surface area contributed by atoms with Crippen LogP contribution in [0.15, 0.2) is 23.1 Å².